The van der Waals surface area contributed by atoms with E-state index in [2.05, 4.69) is 46.9 Å². The molecule has 0 aliphatic carbocycles. The van der Waals surface area contributed by atoms with Gasteiger partial charge in [0.2, 0.25) is 5.91 Å². The minimum absolute atomic E-state index is 0.00368. The summed E-state index contributed by atoms with van der Waals surface area (Å²) < 4.78 is 1.21. The van der Waals surface area contributed by atoms with Crippen molar-refractivity contribution in [2.24, 2.45) is 10.7 Å². The van der Waals surface area contributed by atoms with Gasteiger partial charge in [0.15, 0.2) is 5.96 Å². The van der Waals surface area contributed by atoms with Crippen LogP contribution in [0.5, 0.6) is 0 Å². The maximum Gasteiger partial charge on any atom is 0.231 e. The van der Waals surface area contributed by atoms with Crippen LogP contribution < -0.4 is 5.73 Å². The van der Waals surface area contributed by atoms with Gasteiger partial charge in [-0.1, -0.05) is 12.1 Å². The first-order valence-electron chi connectivity index (χ1n) is 8.06. The van der Waals surface area contributed by atoms with Crippen LogP contribution in [0.1, 0.15) is 24.5 Å². The van der Waals surface area contributed by atoms with Crippen LogP contribution in [0.2, 0.25) is 0 Å². The van der Waals surface area contributed by atoms with Gasteiger partial charge in [0.1, 0.15) is 0 Å². The fourth-order valence-corrected chi connectivity index (χ4v) is 5.21. The van der Waals surface area contributed by atoms with E-state index in [0.717, 1.165) is 5.56 Å². The quantitative estimate of drug-likeness (QED) is 0.731. The lowest BCUT2D eigenvalue weighted by atomic mass is 9.87. The summed E-state index contributed by atoms with van der Waals surface area (Å²) >= 11 is 3.50. The number of thiophene rings is 2. The van der Waals surface area contributed by atoms with Crippen LogP contribution in [0.15, 0.2) is 40.0 Å². The lowest BCUT2D eigenvalue weighted by molar-refractivity contribution is -0.128. The van der Waals surface area contributed by atoms with Crippen LogP contribution in [0, 0.1) is 6.92 Å². The highest BCUT2D eigenvalue weighted by Gasteiger charge is 2.36. The zero-order chi connectivity index (χ0) is 17.8. The number of amides is 1. The number of nitrogens with two attached hydrogens (primary N) is 1. The third kappa shape index (κ3) is 2.65. The van der Waals surface area contributed by atoms with Gasteiger partial charge in [-0.05, 0) is 42.5 Å². The molecule has 4 nitrogen and oxygen atoms in total. The third-order valence-electron chi connectivity index (χ3n) is 4.77. The van der Waals surface area contributed by atoms with E-state index in [4.69, 9.17) is 5.73 Å². The number of nitrogens with zero attached hydrogens (tertiary/aromatic N) is 2. The molecule has 2 aromatic heterocycles. The molecule has 1 atom stereocenters. The predicted octanol–water partition coefficient (Wildman–Crippen LogP) is 4.33. The average Bonchev–Trinajstić information content (AvgIpc) is 3.17. The molecule has 1 amide bonds. The molecule has 4 rings (SSSR count). The fourth-order valence-electron chi connectivity index (χ4n) is 3.20. The Morgan fingerprint density at radius 2 is 2.04 bits per heavy atom. The van der Waals surface area contributed by atoms with Gasteiger partial charge in [-0.25, -0.2) is 4.99 Å². The first-order chi connectivity index (χ1) is 11.9. The first-order valence-corrected chi connectivity index (χ1v) is 9.82. The fraction of sp³-hybridized carbons (Fsp3) is 0.263. The second-order valence-electron chi connectivity index (χ2n) is 6.72. The maximum atomic E-state index is 12.2. The SMILES string of the molecule is Cc1csc(-c2csc3cc([C@]4(C)CC(=O)N(C)C(N)=N4)ccc23)c1. The summed E-state index contributed by atoms with van der Waals surface area (Å²) in [5.41, 5.74) is 8.92. The Morgan fingerprint density at radius 3 is 2.72 bits per heavy atom. The summed E-state index contributed by atoms with van der Waals surface area (Å²) in [7, 11) is 1.67. The number of carbonyl (C=O) groups is 1. The van der Waals surface area contributed by atoms with Crippen LogP contribution in [0.4, 0.5) is 0 Å². The van der Waals surface area contributed by atoms with Gasteiger partial charge in [-0.3, -0.25) is 9.69 Å². The Labute approximate surface area is 154 Å². The summed E-state index contributed by atoms with van der Waals surface area (Å²) in [6, 6.07) is 8.60. The summed E-state index contributed by atoms with van der Waals surface area (Å²) in [5.74, 6) is 0.274. The van der Waals surface area contributed by atoms with Crippen molar-refractivity contribution in [3.8, 4) is 10.4 Å². The molecule has 0 saturated heterocycles. The van der Waals surface area contributed by atoms with E-state index in [0.29, 0.717) is 6.42 Å². The minimum Gasteiger partial charge on any atom is -0.369 e. The standard InChI is InChI=1S/C19H19N3OS2/c1-11-6-15(24-9-11)14-10-25-16-7-12(4-5-13(14)16)19(2)8-17(23)22(3)18(20)21-19/h4-7,9-10H,8H2,1-3H3,(H2,20,21)/t19-/m0/s1. The van der Waals surface area contributed by atoms with Crippen molar-refractivity contribution in [2.75, 3.05) is 7.05 Å². The van der Waals surface area contributed by atoms with E-state index < -0.39 is 5.54 Å². The van der Waals surface area contributed by atoms with Gasteiger partial charge in [0.25, 0.3) is 0 Å². The molecular weight excluding hydrogens is 350 g/mol. The molecule has 1 aliphatic heterocycles. The zero-order valence-electron chi connectivity index (χ0n) is 14.4. The molecule has 0 fully saturated rings. The Hall–Kier alpha value is -2.18. The third-order valence-corrected chi connectivity index (χ3v) is 6.79. The highest BCUT2D eigenvalue weighted by atomic mass is 32.1. The lowest BCUT2D eigenvalue weighted by Crippen LogP contribution is -2.47. The van der Waals surface area contributed by atoms with Gasteiger partial charge < -0.3 is 5.73 Å². The van der Waals surface area contributed by atoms with Crippen molar-refractivity contribution in [1.29, 1.82) is 0 Å². The van der Waals surface area contributed by atoms with E-state index in [1.165, 1.54) is 31.0 Å². The zero-order valence-corrected chi connectivity index (χ0v) is 16.0. The number of benzene rings is 1. The topological polar surface area (TPSA) is 58.7 Å². The Morgan fingerprint density at radius 1 is 1.24 bits per heavy atom. The molecule has 0 unspecified atom stereocenters. The highest BCUT2D eigenvalue weighted by molar-refractivity contribution is 7.19. The van der Waals surface area contributed by atoms with E-state index in [-0.39, 0.29) is 11.9 Å². The lowest BCUT2D eigenvalue weighted by Gasteiger charge is -2.33. The Bertz CT molecular complexity index is 1020. The second-order valence-corrected chi connectivity index (χ2v) is 8.54. The summed E-state index contributed by atoms with van der Waals surface area (Å²) in [5, 5.41) is 5.63. The van der Waals surface area contributed by atoms with Crippen molar-refractivity contribution in [3.63, 3.8) is 0 Å². The molecule has 1 aromatic carbocycles. The average molecular weight is 370 g/mol. The molecular formula is C19H19N3OS2. The number of guanidine groups is 1. The molecule has 0 bridgehead atoms. The van der Waals surface area contributed by atoms with Crippen molar-refractivity contribution in [1.82, 2.24) is 4.90 Å². The molecule has 0 saturated carbocycles. The monoisotopic (exact) mass is 369 g/mol. The van der Waals surface area contributed by atoms with Gasteiger partial charge in [-0.15, -0.1) is 22.7 Å². The summed E-state index contributed by atoms with van der Waals surface area (Å²) in [4.78, 5) is 19.5. The van der Waals surface area contributed by atoms with Gasteiger partial charge in [0, 0.05) is 33.0 Å². The molecule has 3 heterocycles. The molecule has 3 aromatic rings. The molecule has 1 aliphatic rings. The van der Waals surface area contributed by atoms with E-state index in [9.17, 15) is 4.79 Å². The first kappa shape index (κ1) is 16.3. The van der Waals surface area contributed by atoms with Crippen molar-refractivity contribution < 1.29 is 4.79 Å². The molecule has 6 heteroatoms. The van der Waals surface area contributed by atoms with Crippen LogP contribution >= 0.6 is 22.7 Å². The number of hydrogen-bond donors (Lipinski definition) is 1. The van der Waals surface area contributed by atoms with Crippen molar-refractivity contribution in [3.05, 3.63) is 46.2 Å². The molecule has 0 spiro atoms. The molecule has 128 valence electrons. The highest BCUT2D eigenvalue weighted by Crippen LogP contribution is 2.40. The second kappa shape index (κ2) is 5.68. The van der Waals surface area contributed by atoms with Crippen molar-refractivity contribution >= 4 is 44.6 Å². The predicted molar refractivity (Wildman–Crippen MR) is 106 cm³/mol. The van der Waals surface area contributed by atoms with Gasteiger partial charge in [0.05, 0.1) is 12.0 Å². The van der Waals surface area contributed by atoms with Crippen LogP contribution in [0.25, 0.3) is 20.5 Å². The number of rotatable bonds is 2. The summed E-state index contributed by atoms with van der Waals surface area (Å²) in [6.45, 7) is 4.09. The van der Waals surface area contributed by atoms with E-state index in [1.54, 1.807) is 29.7 Å². The maximum absolute atomic E-state index is 12.2. The molecule has 0 radical (unpaired) electrons. The van der Waals surface area contributed by atoms with Gasteiger partial charge in [-0.2, -0.15) is 0 Å². The normalized spacial score (nSPS) is 21.0. The van der Waals surface area contributed by atoms with Crippen LogP contribution in [0.3, 0.4) is 0 Å². The van der Waals surface area contributed by atoms with E-state index in [1.807, 2.05) is 6.92 Å². The summed E-state index contributed by atoms with van der Waals surface area (Å²) in [6.07, 6.45) is 0.331. The number of fused-ring (bicyclic) bond motifs is 1. The van der Waals surface area contributed by atoms with Crippen LogP contribution in [-0.2, 0) is 10.3 Å². The Balaban J connectivity index is 1.79. The van der Waals surface area contributed by atoms with Crippen molar-refractivity contribution in [2.45, 2.75) is 25.8 Å². The number of carbonyl (C=O) groups excluding carboxylic acids is 1. The van der Waals surface area contributed by atoms with Crippen LogP contribution in [-0.4, -0.2) is 23.8 Å². The number of aliphatic imine (C=N–C) groups is 1. The largest absolute Gasteiger partial charge is 0.369 e. The Kier molecular flexibility index (Phi) is 3.70. The minimum atomic E-state index is -0.606. The van der Waals surface area contributed by atoms with E-state index >= 15 is 0 Å². The van der Waals surface area contributed by atoms with Gasteiger partial charge >= 0.3 is 0 Å². The molecule has 2 N–H and O–H groups in total. The molecule has 25 heavy (non-hydrogen) atoms. The number of aryl methyl sites for hydroxylation is 1. The number of hydrogen-bond acceptors (Lipinski definition) is 5. The smallest absolute Gasteiger partial charge is 0.231 e.